The first-order valence-electron chi connectivity index (χ1n) is 26.7. The summed E-state index contributed by atoms with van der Waals surface area (Å²) in [5.74, 6) is 1.44. The highest BCUT2D eigenvalue weighted by molar-refractivity contribution is 6.06. The summed E-state index contributed by atoms with van der Waals surface area (Å²) in [5, 5.41) is 2.24. The summed E-state index contributed by atoms with van der Waals surface area (Å²) < 4.78 is 19.6. The Morgan fingerprint density at radius 2 is 0.947 bits per heavy atom. The lowest BCUT2D eigenvalue weighted by atomic mass is 9.74. The summed E-state index contributed by atoms with van der Waals surface area (Å²) in [4.78, 5) is 5.01. The van der Waals surface area contributed by atoms with Crippen LogP contribution in [0.2, 0.25) is 0 Å². The molecule has 0 saturated heterocycles. The molecule has 3 aliphatic rings. The van der Waals surface area contributed by atoms with Crippen molar-refractivity contribution in [2.75, 3.05) is 23.0 Å². The molecule has 5 heteroatoms. The van der Waals surface area contributed by atoms with Gasteiger partial charge in [0.2, 0.25) is 0 Å². The van der Waals surface area contributed by atoms with Crippen LogP contribution in [0.4, 0.5) is 34.1 Å². The molecule has 4 heterocycles. The maximum Gasteiger partial charge on any atom is 0.185 e. The van der Waals surface area contributed by atoms with Crippen LogP contribution in [0.1, 0.15) is 107 Å². The summed E-state index contributed by atoms with van der Waals surface area (Å²) in [7, 11) is 0. The number of aryl methyl sites for hydroxylation is 1. The van der Waals surface area contributed by atoms with E-state index in [9.17, 15) is 0 Å². The molecule has 75 heavy (non-hydrogen) atoms. The second kappa shape index (κ2) is 17.0. The van der Waals surface area contributed by atoms with E-state index in [2.05, 4.69) is 249 Å². The van der Waals surface area contributed by atoms with Gasteiger partial charge in [0.15, 0.2) is 11.5 Å². The maximum absolute atomic E-state index is 6.73. The van der Waals surface area contributed by atoms with Crippen molar-refractivity contribution in [3.63, 3.8) is 0 Å². The molecule has 9 aromatic carbocycles. The van der Waals surface area contributed by atoms with Gasteiger partial charge >= 0.3 is 0 Å². The van der Waals surface area contributed by atoms with Crippen LogP contribution >= 0.6 is 0 Å². The van der Waals surface area contributed by atoms with Crippen molar-refractivity contribution in [1.29, 1.82) is 0 Å². The lowest BCUT2D eigenvalue weighted by Gasteiger charge is -2.46. The van der Waals surface area contributed by atoms with Crippen LogP contribution in [0.3, 0.4) is 0 Å². The van der Waals surface area contributed by atoms with Gasteiger partial charge in [-0.05, 0) is 163 Å². The first-order valence-corrected chi connectivity index (χ1v) is 26.7. The summed E-state index contributed by atoms with van der Waals surface area (Å²) >= 11 is 0. The third-order valence-corrected chi connectivity index (χ3v) is 15.9. The third-order valence-electron chi connectivity index (χ3n) is 15.9. The Morgan fingerprint density at radius 1 is 0.413 bits per heavy atom. The Labute approximate surface area is 442 Å². The standard InChI is InChI=1S/C70H64N2O3/c1-42-35-59-65-60(36-42)72(52-27-25-51(26-28-52)70(8,9)10)66-57(31-32-62-67(66)74-34-33-73-62)64(65)56-30-20-45(46-19-29-55-54-13-11-12-14-61(54)75-63(55)41-46)40-58(56)71(59)53-38-47(43-15-21-49(22-16-43)68(2,3)4)37-48(39-53)44-17-23-50(24-18-44)69(5,6)7/h11-32,35-41,64H,33-34H2,1-10H3. The van der Waals surface area contributed by atoms with Crippen LogP contribution in [-0.2, 0) is 16.2 Å². The van der Waals surface area contributed by atoms with Crippen molar-refractivity contribution >= 4 is 56.1 Å². The van der Waals surface area contributed by atoms with Crippen molar-refractivity contribution in [1.82, 2.24) is 0 Å². The highest BCUT2D eigenvalue weighted by atomic mass is 16.6. The van der Waals surface area contributed by atoms with Crippen molar-refractivity contribution in [2.24, 2.45) is 0 Å². The number of para-hydroxylation sites is 1. The number of hydrogen-bond donors (Lipinski definition) is 0. The van der Waals surface area contributed by atoms with E-state index in [-0.39, 0.29) is 22.2 Å². The Morgan fingerprint density at radius 3 is 1.59 bits per heavy atom. The van der Waals surface area contributed by atoms with Gasteiger partial charge in [0.1, 0.15) is 24.4 Å². The fraction of sp³-hybridized carbons (Fsp3) is 0.229. The van der Waals surface area contributed by atoms with E-state index in [1.54, 1.807) is 0 Å². The van der Waals surface area contributed by atoms with Crippen molar-refractivity contribution in [3.05, 3.63) is 215 Å². The topological polar surface area (TPSA) is 38.1 Å². The van der Waals surface area contributed by atoms with E-state index in [4.69, 9.17) is 13.9 Å². The largest absolute Gasteiger partial charge is 0.486 e. The Kier molecular flexibility index (Phi) is 10.6. The number of nitrogens with zero attached hydrogens (tertiary/aromatic N) is 2. The number of furan rings is 1. The number of ether oxygens (including phenoxy) is 2. The van der Waals surface area contributed by atoms with Crippen molar-refractivity contribution < 1.29 is 13.9 Å². The quantitative estimate of drug-likeness (QED) is 0.172. The minimum absolute atomic E-state index is 0.000419. The number of anilines is 6. The molecule has 0 aliphatic carbocycles. The Balaban J connectivity index is 1.09. The average molecular weight is 981 g/mol. The molecule has 10 aromatic rings. The molecule has 0 radical (unpaired) electrons. The van der Waals surface area contributed by atoms with E-state index < -0.39 is 0 Å². The lowest BCUT2D eigenvalue weighted by Crippen LogP contribution is -2.30. The average Bonchev–Trinajstić information content (AvgIpc) is 3.86. The van der Waals surface area contributed by atoms with Gasteiger partial charge in [0.25, 0.3) is 0 Å². The molecule has 0 amide bonds. The van der Waals surface area contributed by atoms with Gasteiger partial charge in [-0.1, -0.05) is 165 Å². The van der Waals surface area contributed by atoms with Gasteiger partial charge in [-0.15, -0.1) is 0 Å². The van der Waals surface area contributed by atoms with Gasteiger partial charge < -0.3 is 23.7 Å². The molecule has 1 unspecified atom stereocenters. The number of fused-ring (bicyclic) bond motifs is 9. The van der Waals surface area contributed by atoms with E-state index in [0.717, 1.165) is 95.4 Å². The molecule has 1 aromatic heterocycles. The normalized spacial score (nSPS) is 15.0. The molecule has 3 aliphatic heterocycles. The Bertz CT molecular complexity index is 3820. The predicted octanol–water partition coefficient (Wildman–Crippen LogP) is 19.3. The van der Waals surface area contributed by atoms with E-state index in [1.165, 1.54) is 44.5 Å². The smallest absolute Gasteiger partial charge is 0.185 e. The van der Waals surface area contributed by atoms with Gasteiger partial charge in [0, 0.05) is 33.6 Å². The van der Waals surface area contributed by atoms with E-state index >= 15 is 0 Å². The second-order valence-electron chi connectivity index (χ2n) is 24.2. The molecular weight excluding hydrogens is 917 g/mol. The van der Waals surface area contributed by atoms with E-state index in [1.807, 2.05) is 6.07 Å². The number of benzene rings is 9. The van der Waals surface area contributed by atoms with Crippen LogP contribution in [0.5, 0.6) is 11.5 Å². The van der Waals surface area contributed by atoms with Gasteiger partial charge in [0.05, 0.1) is 22.7 Å². The minimum Gasteiger partial charge on any atom is -0.486 e. The predicted molar refractivity (Wildman–Crippen MR) is 312 cm³/mol. The summed E-state index contributed by atoms with van der Waals surface area (Å²) in [5.41, 5.74) is 24.1. The zero-order valence-electron chi connectivity index (χ0n) is 44.9. The van der Waals surface area contributed by atoms with Gasteiger partial charge in [-0.3, -0.25) is 0 Å². The molecular formula is C70H64N2O3. The highest BCUT2D eigenvalue weighted by Crippen LogP contribution is 2.64. The lowest BCUT2D eigenvalue weighted by molar-refractivity contribution is 0.172. The zero-order valence-corrected chi connectivity index (χ0v) is 44.9. The molecule has 0 saturated carbocycles. The van der Waals surface area contributed by atoms with Gasteiger partial charge in [-0.2, -0.15) is 0 Å². The number of hydrogen-bond acceptors (Lipinski definition) is 5. The molecule has 372 valence electrons. The molecule has 0 fully saturated rings. The molecule has 0 bridgehead atoms. The maximum atomic E-state index is 6.73. The monoisotopic (exact) mass is 980 g/mol. The van der Waals surface area contributed by atoms with Crippen LogP contribution < -0.4 is 19.3 Å². The van der Waals surface area contributed by atoms with Crippen LogP contribution in [0, 0.1) is 6.92 Å². The molecule has 0 N–H and O–H groups in total. The first kappa shape index (κ1) is 46.7. The molecule has 0 spiro atoms. The number of rotatable bonds is 5. The fourth-order valence-corrected chi connectivity index (χ4v) is 11.9. The first-order chi connectivity index (χ1) is 36.0. The highest BCUT2D eigenvalue weighted by Gasteiger charge is 2.44. The summed E-state index contributed by atoms with van der Waals surface area (Å²) in [6.45, 7) is 23.8. The minimum atomic E-state index is -0.123. The summed E-state index contributed by atoms with van der Waals surface area (Å²) in [6, 6.07) is 66.1. The molecule has 13 rings (SSSR count). The van der Waals surface area contributed by atoms with Crippen LogP contribution in [0.25, 0.3) is 55.3 Å². The van der Waals surface area contributed by atoms with Crippen LogP contribution in [0.15, 0.2) is 180 Å². The van der Waals surface area contributed by atoms with Gasteiger partial charge in [-0.25, -0.2) is 0 Å². The third kappa shape index (κ3) is 7.89. The van der Waals surface area contributed by atoms with Crippen molar-refractivity contribution in [3.8, 4) is 44.9 Å². The SMILES string of the molecule is Cc1cc2c3c(c1)N(c1ccc(C(C)(C)C)cc1)c1c(ccc4c1OCCO4)C3c1ccc(-c3ccc4c(c3)oc3ccccc34)cc1N2c1cc(-c2ccc(C(C)(C)C)cc2)cc(-c2ccc(C(C)(C)C)cc2)c1. The molecule has 5 nitrogen and oxygen atoms in total. The molecule has 1 atom stereocenters. The second-order valence-corrected chi connectivity index (χ2v) is 24.2. The Hall–Kier alpha value is -8.02. The van der Waals surface area contributed by atoms with E-state index in [0.29, 0.717) is 13.2 Å². The zero-order chi connectivity index (χ0) is 51.7. The summed E-state index contributed by atoms with van der Waals surface area (Å²) in [6.07, 6.45) is 0. The van der Waals surface area contributed by atoms with Crippen LogP contribution in [-0.4, -0.2) is 13.2 Å². The fourth-order valence-electron chi connectivity index (χ4n) is 11.9. The van der Waals surface area contributed by atoms with Crippen molar-refractivity contribution in [2.45, 2.75) is 91.4 Å².